The van der Waals surface area contributed by atoms with E-state index >= 15 is 0 Å². The molecule has 3 heterocycles. The molecule has 0 radical (unpaired) electrons. The number of allylic oxidation sites excluding steroid dienone is 1. The average Bonchev–Trinajstić information content (AvgIpc) is 3.99. The Bertz CT molecular complexity index is 1860. The number of nitrogens with one attached hydrogen (secondary N) is 3. The van der Waals surface area contributed by atoms with Gasteiger partial charge in [0.2, 0.25) is 27.7 Å². The van der Waals surface area contributed by atoms with Gasteiger partial charge in [-0.2, -0.15) is 0 Å². The minimum Gasteiger partial charge on any atom is -0.497 e. The van der Waals surface area contributed by atoms with Gasteiger partial charge in [-0.15, -0.1) is 0 Å². The van der Waals surface area contributed by atoms with Gasteiger partial charge in [-0.05, 0) is 62.5 Å². The molecule has 2 aromatic rings. The molecular formula is C34H43FN6O9S. The molecule has 7 atom stereocenters. The zero-order valence-corrected chi connectivity index (χ0v) is 29.4. The number of ether oxygens (including phenoxy) is 2. The second kappa shape index (κ2) is 13.9. The molecule has 4 N–H and O–H groups in total. The minimum atomic E-state index is -4.38. The van der Waals surface area contributed by atoms with Crippen molar-refractivity contribution in [3.63, 3.8) is 0 Å². The molecule has 6 rings (SSSR count). The topological polar surface area (TPSA) is 206 Å². The highest BCUT2D eigenvalue weighted by molar-refractivity contribution is 7.91. The molecule has 0 spiro atoms. The Labute approximate surface area is 294 Å². The van der Waals surface area contributed by atoms with Gasteiger partial charge in [-0.25, -0.2) is 27.6 Å². The second-order valence-electron chi connectivity index (χ2n) is 14.3. The number of carbonyl (C=O) groups excluding carboxylic acids is 3. The largest absolute Gasteiger partial charge is 0.497 e. The van der Waals surface area contributed by atoms with E-state index in [0.29, 0.717) is 36.0 Å². The summed E-state index contributed by atoms with van der Waals surface area (Å²) < 4.78 is 51.6. The number of sulfonamides is 1. The Balaban J connectivity index is 1.32. The van der Waals surface area contributed by atoms with Crippen LogP contribution in [0.1, 0.15) is 58.8 Å². The van der Waals surface area contributed by atoms with Gasteiger partial charge in [0, 0.05) is 18.4 Å². The van der Waals surface area contributed by atoms with Crippen molar-refractivity contribution in [2.24, 2.45) is 17.8 Å². The van der Waals surface area contributed by atoms with Gasteiger partial charge < -0.3 is 30.1 Å². The normalized spacial score (nSPS) is 30.5. The third kappa shape index (κ3) is 7.30. The predicted molar refractivity (Wildman–Crippen MR) is 181 cm³/mol. The fourth-order valence-corrected chi connectivity index (χ4v) is 8.64. The van der Waals surface area contributed by atoms with Crippen LogP contribution in [0.25, 0.3) is 11.0 Å². The van der Waals surface area contributed by atoms with E-state index in [1.165, 1.54) is 18.2 Å². The molecule has 0 bridgehead atoms. The van der Waals surface area contributed by atoms with Crippen molar-refractivity contribution in [1.29, 1.82) is 0 Å². The first-order chi connectivity index (χ1) is 24.2. The SMILES string of the molecule is COc1ccc2ncc(O[C@@H]3C[C@H]4C(=O)N[C@]5(C(=O)NS(=O)(=O)C6(CF)CC6)C[C@H]5C=CCC[C@@H](C)C[C@@H](C)[C@H](NC(=O)O)C(=O)N4C3)nc2c1. The minimum absolute atomic E-state index is 0.0541. The monoisotopic (exact) mass is 730 g/mol. The highest BCUT2D eigenvalue weighted by Crippen LogP contribution is 2.48. The summed E-state index contributed by atoms with van der Waals surface area (Å²) in [7, 11) is -2.86. The van der Waals surface area contributed by atoms with Crippen LogP contribution in [-0.2, 0) is 24.4 Å². The Morgan fingerprint density at radius 1 is 1.18 bits per heavy atom. The Morgan fingerprint density at radius 2 is 1.94 bits per heavy atom. The van der Waals surface area contributed by atoms with Gasteiger partial charge in [0.25, 0.3) is 5.91 Å². The number of benzene rings is 1. The average molecular weight is 731 g/mol. The lowest BCUT2D eigenvalue weighted by molar-refractivity contribution is -0.142. The van der Waals surface area contributed by atoms with Crippen LogP contribution in [-0.4, -0.2) is 101 Å². The molecule has 17 heteroatoms. The number of hydrogen-bond acceptors (Lipinski definition) is 10. The molecule has 2 saturated carbocycles. The Kier molecular flexibility index (Phi) is 9.87. The summed E-state index contributed by atoms with van der Waals surface area (Å²) in [5, 5.41) is 14.8. The van der Waals surface area contributed by atoms with E-state index in [2.05, 4.69) is 20.6 Å². The summed E-state index contributed by atoms with van der Waals surface area (Å²) in [6.45, 7) is 2.51. The van der Waals surface area contributed by atoms with Gasteiger partial charge in [0.1, 0.15) is 40.9 Å². The number of rotatable bonds is 8. The predicted octanol–water partition coefficient (Wildman–Crippen LogP) is 2.46. The fraction of sp³-hybridized carbons (Fsp3) is 0.588. The first-order valence-electron chi connectivity index (χ1n) is 17.1. The van der Waals surface area contributed by atoms with E-state index < -0.39 is 80.8 Å². The van der Waals surface area contributed by atoms with Gasteiger partial charge in [-0.1, -0.05) is 26.0 Å². The third-order valence-corrected chi connectivity index (χ3v) is 12.7. The fourth-order valence-electron chi connectivity index (χ4n) is 7.21. The number of halogens is 1. The molecule has 276 valence electrons. The maximum absolute atomic E-state index is 14.3. The van der Waals surface area contributed by atoms with Crippen molar-refractivity contribution in [2.45, 2.75) is 87.3 Å². The summed E-state index contributed by atoms with van der Waals surface area (Å²) in [6, 6.07) is 2.73. The van der Waals surface area contributed by atoms with Gasteiger partial charge in [0.15, 0.2) is 0 Å². The Morgan fingerprint density at radius 3 is 2.63 bits per heavy atom. The maximum atomic E-state index is 14.3. The highest BCUT2D eigenvalue weighted by atomic mass is 32.2. The van der Waals surface area contributed by atoms with Crippen molar-refractivity contribution in [1.82, 2.24) is 30.2 Å². The number of carbonyl (C=O) groups is 4. The molecule has 0 unspecified atom stereocenters. The van der Waals surface area contributed by atoms with Crippen LogP contribution in [0.3, 0.4) is 0 Å². The highest BCUT2D eigenvalue weighted by Gasteiger charge is 2.64. The van der Waals surface area contributed by atoms with Crippen LogP contribution in [0.5, 0.6) is 11.6 Å². The van der Waals surface area contributed by atoms with Crippen molar-refractivity contribution in [2.75, 3.05) is 20.3 Å². The van der Waals surface area contributed by atoms with Crippen molar-refractivity contribution in [3.05, 3.63) is 36.5 Å². The van der Waals surface area contributed by atoms with E-state index in [0.717, 1.165) is 0 Å². The molecule has 51 heavy (non-hydrogen) atoms. The van der Waals surface area contributed by atoms with Crippen LogP contribution >= 0.6 is 0 Å². The van der Waals surface area contributed by atoms with E-state index in [4.69, 9.17) is 9.47 Å². The van der Waals surface area contributed by atoms with Gasteiger partial charge in [0.05, 0.1) is 30.9 Å². The molecule has 4 amide bonds. The number of nitrogens with zero attached hydrogens (tertiary/aromatic N) is 3. The number of methoxy groups -OCH3 is 1. The van der Waals surface area contributed by atoms with E-state index in [1.807, 2.05) is 17.7 Å². The van der Waals surface area contributed by atoms with Crippen LogP contribution < -0.4 is 24.8 Å². The van der Waals surface area contributed by atoms with Gasteiger partial charge in [-0.3, -0.25) is 19.1 Å². The van der Waals surface area contributed by atoms with Crippen LogP contribution in [0, 0.1) is 17.8 Å². The van der Waals surface area contributed by atoms with Crippen molar-refractivity contribution in [3.8, 4) is 11.6 Å². The Hall–Kier alpha value is -4.54. The lowest BCUT2D eigenvalue weighted by Gasteiger charge is -2.32. The quantitative estimate of drug-likeness (QED) is 0.290. The zero-order valence-electron chi connectivity index (χ0n) is 28.6. The summed E-state index contributed by atoms with van der Waals surface area (Å²) in [4.78, 5) is 64.3. The summed E-state index contributed by atoms with van der Waals surface area (Å²) in [5.41, 5.74) is -0.597. The number of carboxylic acid groups (broad SMARTS) is 1. The maximum Gasteiger partial charge on any atom is 0.405 e. The summed E-state index contributed by atoms with van der Waals surface area (Å²) in [6.07, 6.45) is 4.86. The number of fused-ring (bicyclic) bond motifs is 3. The van der Waals surface area contributed by atoms with E-state index in [1.54, 1.807) is 31.2 Å². The van der Waals surface area contributed by atoms with E-state index in [-0.39, 0.29) is 44.0 Å². The van der Waals surface area contributed by atoms with Crippen LogP contribution in [0.2, 0.25) is 0 Å². The summed E-state index contributed by atoms with van der Waals surface area (Å²) >= 11 is 0. The molecule has 1 aromatic heterocycles. The lowest BCUT2D eigenvalue weighted by Crippen LogP contribution is -2.59. The van der Waals surface area contributed by atoms with E-state index in [9.17, 15) is 37.1 Å². The first kappa shape index (κ1) is 36.3. The number of aromatic nitrogens is 2. The number of alkyl halides is 1. The third-order valence-electron chi connectivity index (χ3n) is 10.6. The molecule has 3 fully saturated rings. The first-order valence-corrected chi connectivity index (χ1v) is 18.6. The standard InChI is InChI=1S/C34H43FN6O9S/c1-19-6-4-5-7-21-15-34(21,31(44)40-51(47,48)33(18-35)10-11-33)39-29(42)26-14-23(17-41(26)30(43)28(20(2)12-19)38-32(45)46)50-27-16-36-24-9-8-22(49-3)13-25(24)37-27/h5,7-9,13,16,19-21,23,26,28,38H,4,6,10-12,14-15,17-18H2,1-3H3,(H,39,42)(H,40,44)(H,45,46)/t19-,20-,21-,23-,26+,28+,34-/m1/s1. The van der Waals surface area contributed by atoms with Crippen LogP contribution in [0.15, 0.2) is 36.5 Å². The molecule has 15 nitrogen and oxygen atoms in total. The van der Waals surface area contributed by atoms with Crippen molar-refractivity contribution < 1.29 is 46.6 Å². The smallest absolute Gasteiger partial charge is 0.405 e. The molecule has 1 aromatic carbocycles. The van der Waals surface area contributed by atoms with Crippen molar-refractivity contribution >= 4 is 44.9 Å². The van der Waals surface area contributed by atoms with Gasteiger partial charge >= 0.3 is 6.09 Å². The lowest BCUT2D eigenvalue weighted by atomic mass is 9.88. The number of hydrogen-bond donors (Lipinski definition) is 4. The molecule has 4 aliphatic rings. The van der Waals surface area contributed by atoms with Crippen LogP contribution in [0.4, 0.5) is 9.18 Å². The summed E-state index contributed by atoms with van der Waals surface area (Å²) in [5.74, 6) is -2.60. The molecule has 1 saturated heterocycles. The molecule has 2 aliphatic carbocycles. The molecule has 2 aliphatic heterocycles. The number of amides is 4. The second-order valence-corrected chi connectivity index (χ2v) is 16.4. The zero-order chi connectivity index (χ0) is 36.7. The molecular weight excluding hydrogens is 687 g/mol.